The van der Waals surface area contributed by atoms with Gasteiger partial charge in [-0.15, -0.1) is 0 Å². The van der Waals surface area contributed by atoms with Gasteiger partial charge >= 0.3 is 11.9 Å². The number of hydrogen-bond donors (Lipinski definition) is 2. The van der Waals surface area contributed by atoms with Gasteiger partial charge in [0.05, 0.1) is 19.7 Å². The number of carbonyl (C=O) groups excluding carboxylic acids is 2. The molecular weight excluding hydrogens is 224 g/mol. The van der Waals surface area contributed by atoms with Crippen molar-refractivity contribution >= 4 is 11.9 Å². The topological polar surface area (TPSA) is 76.7 Å². The van der Waals surface area contributed by atoms with Gasteiger partial charge in [0.2, 0.25) is 0 Å². The van der Waals surface area contributed by atoms with E-state index in [1.54, 1.807) is 27.9 Å². The quantitative estimate of drug-likeness (QED) is 0.572. The van der Waals surface area contributed by atoms with Gasteiger partial charge in [0.1, 0.15) is 5.60 Å². The predicted octanol–water partition coefficient (Wildman–Crippen LogP) is -0.320. The Morgan fingerprint density at radius 3 is 2.12 bits per heavy atom. The summed E-state index contributed by atoms with van der Waals surface area (Å²) in [7, 11) is 3.35. The molecule has 0 aliphatic carbocycles. The lowest BCUT2D eigenvalue weighted by atomic mass is 10.1. The van der Waals surface area contributed by atoms with Crippen LogP contribution in [0.15, 0.2) is 0 Å². The van der Waals surface area contributed by atoms with Crippen molar-refractivity contribution in [1.82, 2.24) is 10.6 Å². The summed E-state index contributed by atoms with van der Waals surface area (Å²) in [6, 6.07) is 0. The summed E-state index contributed by atoms with van der Waals surface area (Å²) in [5.41, 5.74) is -0.631. The van der Waals surface area contributed by atoms with Gasteiger partial charge in [-0.05, 0) is 27.9 Å². The van der Waals surface area contributed by atoms with E-state index in [1.165, 1.54) is 0 Å². The van der Waals surface area contributed by atoms with E-state index in [-0.39, 0.29) is 31.6 Å². The first-order chi connectivity index (χ1) is 7.91. The summed E-state index contributed by atoms with van der Waals surface area (Å²) in [5, 5.41) is 5.41. The summed E-state index contributed by atoms with van der Waals surface area (Å²) in [6.07, 6.45) is 0.470. The highest BCUT2D eigenvalue weighted by Gasteiger charge is 2.22. The van der Waals surface area contributed by atoms with Crippen molar-refractivity contribution in [3.63, 3.8) is 0 Å². The number of rotatable bonds is 8. The number of likely N-dealkylation sites (N-methyl/N-ethyl adjacent to an activating group) is 2. The summed E-state index contributed by atoms with van der Waals surface area (Å²) in [5.74, 6) is -0.635. The Balaban J connectivity index is 3.84. The first kappa shape index (κ1) is 15.9. The van der Waals surface area contributed by atoms with Crippen molar-refractivity contribution in [3.05, 3.63) is 0 Å². The fourth-order valence-electron chi connectivity index (χ4n) is 1.15. The van der Waals surface area contributed by atoms with Crippen LogP contribution < -0.4 is 10.6 Å². The van der Waals surface area contributed by atoms with Gasteiger partial charge in [-0.2, -0.15) is 0 Å². The lowest BCUT2D eigenvalue weighted by Crippen LogP contribution is -2.34. The highest BCUT2D eigenvalue weighted by molar-refractivity contribution is 5.72. The standard InChI is InChI=1S/C11H22N2O4/c1-11(2,17-10(15)8-13-4)5-6-16-9(14)7-12-3/h12-13H,5-8H2,1-4H3. The molecule has 0 radical (unpaired) electrons. The van der Waals surface area contributed by atoms with Gasteiger partial charge in [-0.3, -0.25) is 9.59 Å². The Labute approximate surface area is 102 Å². The first-order valence-corrected chi connectivity index (χ1v) is 5.58. The highest BCUT2D eigenvalue weighted by Crippen LogP contribution is 2.14. The molecule has 0 fully saturated rings. The van der Waals surface area contributed by atoms with E-state index in [0.29, 0.717) is 6.42 Å². The maximum atomic E-state index is 11.3. The van der Waals surface area contributed by atoms with Crippen molar-refractivity contribution < 1.29 is 19.1 Å². The summed E-state index contributed by atoms with van der Waals surface area (Å²) in [4.78, 5) is 22.3. The molecule has 0 aliphatic rings. The molecule has 0 rings (SSSR count). The Hall–Kier alpha value is -1.14. The van der Waals surface area contributed by atoms with E-state index in [4.69, 9.17) is 9.47 Å². The zero-order chi connectivity index (χ0) is 13.3. The van der Waals surface area contributed by atoms with E-state index in [1.807, 2.05) is 0 Å². The van der Waals surface area contributed by atoms with Gasteiger partial charge in [0.25, 0.3) is 0 Å². The van der Waals surface area contributed by atoms with Gasteiger partial charge in [0.15, 0.2) is 0 Å². The smallest absolute Gasteiger partial charge is 0.320 e. The third-order valence-corrected chi connectivity index (χ3v) is 2.00. The van der Waals surface area contributed by atoms with Crippen LogP contribution in [0.3, 0.4) is 0 Å². The summed E-state index contributed by atoms with van der Waals surface area (Å²) >= 11 is 0. The second kappa shape index (κ2) is 8.03. The molecule has 0 aromatic carbocycles. The third-order valence-electron chi connectivity index (χ3n) is 2.00. The molecule has 0 bridgehead atoms. The Morgan fingerprint density at radius 1 is 1.06 bits per heavy atom. The van der Waals surface area contributed by atoms with Crippen LogP contribution in [0.25, 0.3) is 0 Å². The monoisotopic (exact) mass is 246 g/mol. The minimum absolute atomic E-state index is 0.170. The van der Waals surface area contributed by atoms with Crippen molar-refractivity contribution in [1.29, 1.82) is 0 Å². The fourth-order valence-corrected chi connectivity index (χ4v) is 1.15. The van der Waals surface area contributed by atoms with Crippen molar-refractivity contribution in [2.45, 2.75) is 25.9 Å². The molecule has 0 saturated carbocycles. The van der Waals surface area contributed by atoms with Crippen molar-refractivity contribution in [2.24, 2.45) is 0 Å². The maximum Gasteiger partial charge on any atom is 0.320 e. The highest BCUT2D eigenvalue weighted by atomic mass is 16.6. The molecule has 17 heavy (non-hydrogen) atoms. The molecule has 100 valence electrons. The maximum absolute atomic E-state index is 11.3. The average molecular weight is 246 g/mol. The second-order valence-electron chi connectivity index (χ2n) is 4.26. The molecule has 0 amide bonds. The third kappa shape index (κ3) is 8.65. The van der Waals surface area contributed by atoms with Crippen LogP contribution in [-0.2, 0) is 19.1 Å². The van der Waals surface area contributed by atoms with Crippen molar-refractivity contribution in [3.8, 4) is 0 Å². The lowest BCUT2D eigenvalue weighted by molar-refractivity contribution is -0.157. The van der Waals surface area contributed by atoms with Gasteiger partial charge in [-0.25, -0.2) is 0 Å². The van der Waals surface area contributed by atoms with Crippen LogP contribution in [0, 0.1) is 0 Å². The Bertz CT molecular complexity index is 254. The van der Waals surface area contributed by atoms with Crippen LogP contribution in [0.4, 0.5) is 0 Å². The van der Waals surface area contributed by atoms with Gasteiger partial charge in [0, 0.05) is 6.42 Å². The van der Waals surface area contributed by atoms with Crippen LogP contribution in [0.1, 0.15) is 20.3 Å². The SMILES string of the molecule is CNCC(=O)OCCC(C)(C)OC(=O)CNC. The van der Waals surface area contributed by atoms with E-state index in [2.05, 4.69) is 10.6 Å². The number of ether oxygens (including phenoxy) is 2. The fraction of sp³-hybridized carbons (Fsp3) is 0.818. The molecule has 0 saturated heterocycles. The van der Waals surface area contributed by atoms with Crippen molar-refractivity contribution in [2.75, 3.05) is 33.8 Å². The van der Waals surface area contributed by atoms with Gasteiger partial charge < -0.3 is 20.1 Å². The molecule has 0 unspecified atom stereocenters. The molecule has 0 aromatic heterocycles. The van der Waals surface area contributed by atoms with E-state index < -0.39 is 5.60 Å². The number of hydrogen-bond acceptors (Lipinski definition) is 6. The van der Waals surface area contributed by atoms with Gasteiger partial charge in [-0.1, -0.05) is 0 Å². The molecule has 0 aromatic rings. The van der Waals surface area contributed by atoms with E-state index in [0.717, 1.165) is 0 Å². The largest absolute Gasteiger partial charge is 0.465 e. The van der Waals surface area contributed by atoms with E-state index >= 15 is 0 Å². The minimum atomic E-state index is -0.631. The molecule has 2 N–H and O–H groups in total. The lowest BCUT2D eigenvalue weighted by Gasteiger charge is -2.24. The number of nitrogens with one attached hydrogen (secondary N) is 2. The normalized spacial score (nSPS) is 11.1. The molecule has 0 aliphatic heterocycles. The average Bonchev–Trinajstić information content (AvgIpc) is 2.16. The Morgan fingerprint density at radius 2 is 1.59 bits per heavy atom. The summed E-state index contributed by atoms with van der Waals surface area (Å²) in [6.45, 7) is 4.15. The first-order valence-electron chi connectivity index (χ1n) is 5.58. The molecular formula is C11H22N2O4. The zero-order valence-electron chi connectivity index (χ0n) is 11.0. The molecule has 6 nitrogen and oxygen atoms in total. The summed E-state index contributed by atoms with van der Waals surface area (Å²) < 4.78 is 10.2. The Kier molecular flexibility index (Phi) is 7.49. The molecule has 0 atom stereocenters. The van der Waals surface area contributed by atoms with Crippen LogP contribution >= 0.6 is 0 Å². The zero-order valence-corrected chi connectivity index (χ0v) is 11.0. The molecule has 0 heterocycles. The van der Waals surface area contributed by atoms with Crippen LogP contribution in [0.2, 0.25) is 0 Å². The number of esters is 2. The predicted molar refractivity (Wildman–Crippen MR) is 63.6 cm³/mol. The molecule has 0 spiro atoms. The van der Waals surface area contributed by atoms with E-state index in [9.17, 15) is 9.59 Å². The molecule has 6 heteroatoms. The van der Waals surface area contributed by atoms with Crippen LogP contribution in [-0.4, -0.2) is 51.3 Å². The minimum Gasteiger partial charge on any atom is -0.465 e. The number of carbonyl (C=O) groups is 2. The van der Waals surface area contributed by atoms with Crippen LogP contribution in [0.5, 0.6) is 0 Å². The second-order valence-corrected chi connectivity index (χ2v) is 4.26.